The van der Waals surface area contributed by atoms with Crippen molar-refractivity contribution in [3.63, 3.8) is 0 Å². The van der Waals surface area contributed by atoms with Crippen molar-refractivity contribution in [2.24, 2.45) is 11.3 Å². The van der Waals surface area contributed by atoms with Gasteiger partial charge >= 0.3 is 0 Å². The molecule has 0 unspecified atom stereocenters. The fourth-order valence-electron chi connectivity index (χ4n) is 4.86. The molecule has 3 fully saturated rings. The van der Waals surface area contributed by atoms with Crippen LogP contribution in [0.3, 0.4) is 0 Å². The number of benzene rings is 1. The molecule has 0 radical (unpaired) electrons. The zero-order valence-corrected chi connectivity index (χ0v) is 16.9. The average Bonchev–Trinajstić information content (AvgIpc) is 3.11. The van der Waals surface area contributed by atoms with Crippen LogP contribution in [-0.2, 0) is 16.0 Å². The molecule has 3 aliphatic rings. The number of morpholine rings is 1. The predicted molar refractivity (Wildman–Crippen MR) is 108 cm³/mol. The third-order valence-corrected chi connectivity index (χ3v) is 6.54. The maximum atomic E-state index is 10.00. The molecule has 1 aromatic carbocycles. The van der Waals surface area contributed by atoms with E-state index < -0.39 is 0 Å². The lowest BCUT2D eigenvalue weighted by molar-refractivity contribution is -0.0561. The predicted octanol–water partition coefficient (Wildman–Crippen LogP) is 1.62. The Hall–Kier alpha value is -1.18. The van der Waals surface area contributed by atoms with Gasteiger partial charge in [0.25, 0.3) is 0 Å². The summed E-state index contributed by atoms with van der Waals surface area (Å²) in [5, 5.41) is 10.00. The Bertz CT molecular complexity index is 622. The Balaban J connectivity index is 1.29. The van der Waals surface area contributed by atoms with E-state index in [2.05, 4.69) is 28.0 Å². The van der Waals surface area contributed by atoms with E-state index in [1.54, 1.807) is 0 Å². The van der Waals surface area contributed by atoms with Gasteiger partial charge in [-0.15, -0.1) is 0 Å². The molecular weight excluding hydrogens is 356 g/mol. The molecule has 28 heavy (non-hydrogen) atoms. The highest BCUT2D eigenvalue weighted by Crippen LogP contribution is 2.41. The van der Waals surface area contributed by atoms with Crippen molar-refractivity contribution < 1.29 is 19.3 Å². The van der Waals surface area contributed by atoms with Crippen molar-refractivity contribution in [1.29, 1.82) is 0 Å². The molecule has 0 spiro atoms. The summed E-state index contributed by atoms with van der Waals surface area (Å²) in [6, 6.07) is 8.39. The highest BCUT2D eigenvalue weighted by molar-refractivity contribution is 5.33. The summed E-state index contributed by atoms with van der Waals surface area (Å²) in [6.45, 7) is 10.1. The SMILES string of the molecule is OC[C@]12COCC[C@H]1CN(Cc1ccccc1OCCCN1CCOCC1)C2. The number of hydrogen-bond donors (Lipinski definition) is 1. The first-order valence-corrected chi connectivity index (χ1v) is 10.7. The van der Waals surface area contributed by atoms with Crippen LogP contribution in [0.5, 0.6) is 5.75 Å². The molecule has 0 amide bonds. The minimum Gasteiger partial charge on any atom is -0.493 e. The summed E-state index contributed by atoms with van der Waals surface area (Å²) in [5.74, 6) is 1.53. The molecule has 0 bridgehead atoms. The first-order valence-electron chi connectivity index (χ1n) is 10.7. The van der Waals surface area contributed by atoms with Gasteiger partial charge in [-0.25, -0.2) is 0 Å². The summed E-state index contributed by atoms with van der Waals surface area (Å²) in [7, 11) is 0. The molecule has 3 heterocycles. The van der Waals surface area contributed by atoms with E-state index in [0.717, 1.165) is 84.3 Å². The van der Waals surface area contributed by atoms with E-state index in [0.29, 0.717) is 12.5 Å². The van der Waals surface area contributed by atoms with E-state index in [1.807, 2.05) is 6.07 Å². The molecule has 156 valence electrons. The number of rotatable bonds is 8. The zero-order chi connectivity index (χ0) is 19.2. The molecule has 3 saturated heterocycles. The third kappa shape index (κ3) is 4.69. The molecule has 6 heteroatoms. The van der Waals surface area contributed by atoms with Gasteiger partial charge in [0.1, 0.15) is 5.75 Å². The van der Waals surface area contributed by atoms with Crippen LogP contribution in [0.15, 0.2) is 24.3 Å². The van der Waals surface area contributed by atoms with Crippen LogP contribution in [0.2, 0.25) is 0 Å². The number of nitrogens with zero attached hydrogens (tertiary/aromatic N) is 2. The van der Waals surface area contributed by atoms with Crippen LogP contribution in [0.25, 0.3) is 0 Å². The molecule has 0 aliphatic carbocycles. The summed E-state index contributed by atoms with van der Waals surface area (Å²) >= 11 is 0. The standard InChI is InChI=1S/C22H34N2O4/c25-17-22-16-24(15-20(22)6-11-27-18-22)14-19-4-1-2-5-21(19)28-10-3-7-23-8-12-26-13-9-23/h1-2,4-5,20,25H,3,6-18H2/t20-,22+/m0/s1. The van der Waals surface area contributed by atoms with Crippen molar-refractivity contribution in [2.45, 2.75) is 19.4 Å². The van der Waals surface area contributed by atoms with E-state index in [4.69, 9.17) is 14.2 Å². The smallest absolute Gasteiger partial charge is 0.123 e. The Morgan fingerprint density at radius 2 is 1.96 bits per heavy atom. The second kappa shape index (κ2) is 9.55. The van der Waals surface area contributed by atoms with E-state index in [9.17, 15) is 5.11 Å². The third-order valence-electron chi connectivity index (χ3n) is 6.54. The topological polar surface area (TPSA) is 54.4 Å². The van der Waals surface area contributed by atoms with Crippen LogP contribution in [0.4, 0.5) is 0 Å². The van der Waals surface area contributed by atoms with Gasteiger partial charge in [0.15, 0.2) is 0 Å². The Kier molecular flexibility index (Phi) is 6.86. The average molecular weight is 391 g/mol. The Morgan fingerprint density at radius 3 is 2.79 bits per heavy atom. The Labute approximate surface area is 168 Å². The zero-order valence-electron chi connectivity index (χ0n) is 16.9. The lowest BCUT2D eigenvalue weighted by atomic mass is 9.76. The fraction of sp³-hybridized carbons (Fsp3) is 0.727. The monoisotopic (exact) mass is 390 g/mol. The van der Waals surface area contributed by atoms with Crippen LogP contribution < -0.4 is 4.74 Å². The van der Waals surface area contributed by atoms with Gasteiger partial charge in [-0.2, -0.15) is 0 Å². The van der Waals surface area contributed by atoms with Gasteiger partial charge in [0.2, 0.25) is 0 Å². The largest absolute Gasteiger partial charge is 0.493 e. The van der Waals surface area contributed by atoms with Crippen LogP contribution in [0.1, 0.15) is 18.4 Å². The highest BCUT2D eigenvalue weighted by Gasteiger charge is 2.48. The molecule has 3 aliphatic heterocycles. The molecule has 0 aromatic heterocycles. The van der Waals surface area contributed by atoms with Gasteiger partial charge in [0, 0.05) is 56.9 Å². The number of aliphatic hydroxyl groups is 1. The summed E-state index contributed by atoms with van der Waals surface area (Å²) in [6.07, 6.45) is 2.09. The molecule has 0 saturated carbocycles. The summed E-state index contributed by atoms with van der Waals surface area (Å²) in [4.78, 5) is 4.91. The maximum absolute atomic E-state index is 10.00. The molecule has 1 aromatic rings. The first kappa shape index (κ1) is 20.1. The normalized spacial score (nSPS) is 29.0. The van der Waals surface area contributed by atoms with Crippen molar-refractivity contribution in [3.05, 3.63) is 29.8 Å². The first-order chi connectivity index (χ1) is 13.8. The number of ether oxygens (including phenoxy) is 3. The summed E-state index contributed by atoms with van der Waals surface area (Å²) in [5.41, 5.74) is 1.16. The van der Waals surface area contributed by atoms with Crippen molar-refractivity contribution in [3.8, 4) is 5.75 Å². The van der Waals surface area contributed by atoms with Crippen molar-refractivity contribution in [2.75, 3.05) is 72.4 Å². The van der Waals surface area contributed by atoms with E-state index in [-0.39, 0.29) is 12.0 Å². The minimum atomic E-state index is -0.0772. The molecule has 1 N–H and O–H groups in total. The van der Waals surface area contributed by atoms with Gasteiger partial charge in [0.05, 0.1) is 33.0 Å². The van der Waals surface area contributed by atoms with Gasteiger partial charge in [-0.3, -0.25) is 9.80 Å². The van der Waals surface area contributed by atoms with Crippen molar-refractivity contribution >= 4 is 0 Å². The molecule has 4 rings (SSSR count). The fourth-order valence-corrected chi connectivity index (χ4v) is 4.86. The maximum Gasteiger partial charge on any atom is 0.123 e. The number of para-hydroxylation sites is 1. The molecule has 6 nitrogen and oxygen atoms in total. The Morgan fingerprint density at radius 1 is 1.11 bits per heavy atom. The van der Waals surface area contributed by atoms with E-state index in [1.165, 1.54) is 5.56 Å². The number of hydrogen-bond acceptors (Lipinski definition) is 6. The summed E-state index contributed by atoms with van der Waals surface area (Å²) < 4.78 is 17.2. The highest BCUT2D eigenvalue weighted by atomic mass is 16.5. The number of aliphatic hydroxyl groups excluding tert-OH is 1. The second-order valence-electron chi connectivity index (χ2n) is 8.49. The van der Waals surface area contributed by atoms with Gasteiger partial charge < -0.3 is 19.3 Å². The number of fused-ring (bicyclic) bond motifs is 1. The van der Waals surface area contributed by atoms with E-state index >= 15 is 0 Å². The quantitative estimate of drug-likeness (QED) is 0.681. The molecular formula is C22H34N2O4. The van der Waals surface area contributed by atoms with Crippen LogP contribution >= 0.6 is 0 Å². The minimum absolute atomic E-state index is 0.0772. The second-order valence-corrected chi connectivity index (χ2v) is 8.49. The van der Waals surface area contributed by atoms with Crippen molar-refractivity contribution in [1.82, 2.24) is 9.80 Å². The van der Waals surface area contributed by atoms with Gasteiger partial charge in [-0.1, -0.05) is 18.2 Å². The number of likely N-dealkylation sites (tertiary alicyclic amines) is 1. The van der Waals surface area contributed by atoms with Crippen LogP contribution in [0, 0.1) is 11.3 Å². The van der Waals surface area contributed by atoms with Crippen LogP contribution in [-0.4, -0.2) is 87.3 Å². The lowest BCUT2D eigenvalue weighted by Crippen LogP contribution is -2.42. The molecule has 2 atom stereocenters. The van der Waals surface area contributed by atoms with Gasteiger partial charge in [-0.05, 0) is 24.8 Å². The lowest BCUT2D eigenvalue weighted by Gasteiger charge is -2.36.